The van der Waals surface area contributed by atoms with Crippen LogP contribution < -0.4 is 0 Å². The van der Waals surface area contributed by atoms with Gasteiger partial charge in [-0.1, -0.05) is 30.7 Å². The first-order valence-electron chi connectivity index (χ1n) is 5.30. The molecule has 1 aromatic carbocycles. The molecular formula is C12H16ClN. The Morgan fingerprint density at radius 3 is 2.86 bits per heavy atom. The van der Waals surface area contributed by atoms with Gasteiger partial charge < -0.3 is 4.90 Å². The third kappa shape index (κ3) is 1.94. The zero-order valence-electron chi connectivity index (χ0n) is 8.59. The second kappa shape index (κ2) is 4.33. The highest BCUT2D eigenvalue weighted by Crippen LogP contribution is 2.23. The summed E-state index contributed by atoms with van der Waals surface area (Å²) in [6.45, 7) is 5.68. The Kier molecular flexibility index (Phi) is 3.09. The smallest absolute Gasteiger partial charge is 0.0441 e. The van der Waals surface area contributed by atoms with E-state index in [1.807, 2.05) is 6.07 Å². The van der Waals surface area contributed by atoms with Gasteiger partial charge >= 0.3 is 0 Å². The molecule has 1 nitrogen and oxygen atoms in total. The topological polar surface area (TPSA) is 3.24 Å². The summed E-state index contributed by atoms with van der Waals surface area (Å²) in [4.78, 5) is 2.48. The van der Waals surface area contributed by atoms with Gasteiger partial charge in [0.2, 0.25) is 0 Å². The molecule has 0 fully saturated rings. The second-order valence-corrected chi connectivity index (χ2v) is 4.22. The van der Waals surface area contributed by atoms with Crippen molar-refractivity contribution in [2.45, 2.75) is 19.8 Å². The monoisotopic (exact) mass is 209 g/mol. The quantitative estimate of drug-likeness (QED) is 0.688. The zero-order chi connectivity index (χ0) is 9.97. The Morgan fingerprint density at radius 2 is 2.07 bits per heavy atom. The Morgan fingerprint density at radius 1 is 1.29 bits per heavy atom. The first kappa shape index (κ1) is 10.0. The van der Waals surface area contributed by atoms with Crippen LogP contribution in [0.4, 0.5) is 0 Å². The van der Waals surface area contributed by atoms with Crippen molar-refractivity contribution < 1.29 is 0 Å². The van der Waals surface area contributed by atoms with Gasteiger partial charge in [0.15, 0.2) is 0 Å². The Bertz CT molecular complexity index is 322. The Labute approximate surface area is 90.7 Å². The van der Waals surface area contributed by atoms with E-state index in [2.05, 4.69) is 24.0 Å². The maximum atomic E-state index is 6.19. The molecule has 0 atom stereocenters. The van der Waals surface area contributed by atoms with Gasteiger partial charge in [-0.3, -0.25) is 0 Å². The molecule has 0 saturated carbocycles. The van der Waals surface area contributed by atoms with Crippen LogP contribution in [0.2, 0.25) is 5.02 Å². The van der Waals surface area contributed by atoms with Crippen LogP contribution in [0.25, 0.3) is 0 Å². The Hall–Kier alpha value is -0.530. The molecule has 2 rings (SSSR count). The van der Waals surface area contributed by atoms with Gasteiger partial charge in [0.05, 0.1) is 0 Å². The third-order valence-corrected chi connectivity index (χ3v) is 3.39. The predicted molar refractivity (Wildman–Crippen MR) is 61.0 cm³/mol. The third-order valence-electron chi connectivity index (χ3n) is 3.04. The van der Waals surface area contributed by atoms with E-state index < -0.39 is 0 Å². The standard InChI is InChI=1S/C12H16ClN/c1-2-14-8-6-10-4-3-5-12(13)11(10)7-9-14/h3-5H,2,6-9H2,1H3. The molecule has 0 spiro atoms. The van der Waals surface area contributed by atoms with Gasteiger partial charge in [0, 0.05) is 18.1 Å². The van der Waals surface area contributed by atoms with Crippen LogP contribution in [0.5, 0.6) is 0 Å². The summed E-state index contributed by atoms with van der Waals surface area (Å²) in [5.74, 6) is 0. The fourth-order valence-electron chi connectivity index (χ4n) is 2.09. The van der Waals surface area contributed by atoms with Crippen molar-refractivity contribution in [1.82, 2.24) is 4.90 Å². The molecule has 76 valence electrons. The van der Waals surface area contributed by atoms with Crippen molar-refractivity contribution in [3.05, 3.63) is 34.3 Å². The lowest BCUT2D eigenvalue weighted by molar-refractivity contribution is 0.303. The largest absolute Gasteiger partial charge is 0.303 e. The van der Waals surface area contributed by atoms with Crippen molar-refractivity contribution in [2.24, 2.45) is 0 Å². The summed E-state index contributed by atoms with van der Waals surface area (Å²) < 4.78 is 0. The van der Waals surface area contributed by atoms with Crippen molar-refractivity contribution in [1.29, 1.82) is 0 Å². The van der Waals surface area contributed by atoms with Crippen LogP contribution in [0.3, 0.4) is 0 Å². The molecule has 0 aromatic heterocycles. The molecule has 14 heavy (non-hydrogen) atoms. The fourth-order valence-corrected chi connectivity index (χ4v) is 2.38. The molecule has 1 aromatic rings. The number of hydrogen-bond acceptors (Lipinski definition) is 1. The summed E-state index contributed by atoms with van der Waals surface area (Å²) in [5.41, 5.74) is 2.80. The lowest BCUT2D eigenvalue weighted by Gasteiger charge is -2.16. The highest BCUT2D eigenvalue weighted by molar-refractivity contribution is 6.31. The van der Waals surface area contributed by atoms with Gasteiger partial charge in [-0.05, 0) is 36.6 Å². The number of rotatable bonds is 1. The van der Waals surface area contributed by atoms with Crippen LogP contribution in [-0.4, -0.2) is 24.5 Å². The first-order chi connectivity index (χ1) is 6.81. The lowest BCUT2D eigenvalue weighted by Crippen LogP contribution is -2.25. The molecule has 1 heterocycles. The van der Waals surface area contributed by atoms with E-state index in [-0.39, 0.29) is 0 Å². The van der Waals surface area contributed by atoms with Crippen molar-refractivity contribution in [3.8, 4) is 0 Å². The maximum Gasteiger partial charge on any atom is 0.0441 e. The number of benzene rings is 1. The highest BCUT2D eigenvalue weighted by atomic mass is 35.5. The molecule has 2 heteroatoms. The average Bonchev–Trinajstić information content (AvgIpc) is 2.41. The van der Waals surface area contributed by atoms with E-state index in [4.69, 9.17) is 11.6 Å². The van der Waals surface area contributed by atoms with Crippen molar-refractivity contribution in [3.63, 3.8) is 0 Å². The lowest BCUT2D eigenvalue weighted by atomic mass is 10.0. The number of hydrogen-bond donors (Lipinski definition) is 0. The molecule has 0 aliphatic carbocycles. The molecule has 0 amide bonds. The first-order valence-corrected chi connectivity index (χ1v) is 5.67. The minimum Gasteiger partial charge on any atom is -0.303 e. The molecule has 0 N–H and O–H groups in total. The molecule has 0 radical (unpaired) electrons. The van der Waals surface area contributed by atoms with Gasteiger partial charge in [-0.2, -0.15) is 0 Å². The molecule has 1 aliphatic rings. The van der Waals surface area contributed by atoms with Crippen LogP contribution >= 0.6 is 11.6 Å². The number of nitrogens with zero attached hydrogens (tertiary/aromatic N) is 1. The molecular weight excluding hydrogens is 194 g/mol. The van der Waals surface area contributed by atoms with Gasteiger partial charge in [0.1, 0.15) is 0 Å². The minimum absolute atomic E-state index is 0.945. The fraction of sp³-hybridized carbons (Fsp3) is 0.500. The summed E-state index contributed by atoms with van der Waals surface area (Å²) in [6.07, 6.45) is 2.24. The zero-order valence-corrected chi connectivity index (χ0v) is 9.35. The second-order valence-electron chi connectivity index (χ2n) is 3.81. The number of halogens is 1. The normalized spacial score (nSPS) is 17.6. The van der Waals surface area contributed by atoms with Crippen LogP contribution in [0, 0.1) is 0 Å². The van der Waals surface area contributed by atoms with E-state index in [0.717, 1.165) is 31.0 Å². The van der Waals surface area contributed by atoms with Gasteiger partial charge in [-0.15, -0.1) is 0 Å². The summed E-state index contributed by atoms with van der Waals surface area (Å²) in [6, 6.07) is 6.27. The van der Waals surface area contributed by atoms with E-state index >= 15 is 0 Å². The predicted octanol–water partition coefficient (Wildman–Crippen LogP) is 2.76. The summed E-state index contributed by atoms with van der Waals surface area (Å²) in [5, 5.41) is 0.945. The SMILES string of the molecule is CCN1CCc2cccc(Cl)c2CC1. The van der Waals surface area contributed by atoms with E-state index in [1.54, 1.807) is 0 Å². The molecule has 0 saturated heterocycles. The van der Waals surface area contributed by atoms with Gasteiger partial charge in [0.25, 0.3) is 0 Å². The van der Waals surface area contributed by atoms with Crippen molar-refractivity contribution >= 4 is 11.6 Å². The van der Waals surface area contributed by atoms with Crippen LogP contribution in [0.15, 0.2) is 18.2 Å². The molecule has 1 aliphatic heterocycles. The van der Waals surface area contributed by atoms with E-state index in [0.29, 0.717) is 0 Å². The number of likely N-dealkylation sites (N-methyl/N-ethyl adjacent to an activating group) is 1. The Balaban J connectivity index is 2.25. The van der Waals surface area contributed by atoms with Crippen LogP contribution in [0.1, 0.15) is 18.1 Å². The molecule has 0 unspecified atom stereocenters. The van der Waals surface area contributed by atoms with Gasteiger partial charge in [-0.25, -0.2) is 0 Å². The number of fused-ring (bicyclic) bond motifs is 1. The van der Waals surface area contributed by atoms with Crippen molar-refractivity contribution in [2.75, 3.05) is 19.6 Å². The highest BCUT2D eigenvalue weighted by Gasteiger charge is 2.14. The molecule has 0 bridgehead atoms. The average molecular weight is 210 g/mol. The maximum absolute atomic E-state index is 6.19. The minimum atomic E-state index is 0.945. The van der Waals surface area contributed by atoms with E-state index in [9.17, 15) is 0 Å². The summed E-state index contributed by atoms with van der Waals surface area (Å²) >= 11 is 6.19. The van der Waals surface area contributed by atoms with Crippen LogP contribution in [-0.2, 0) is 12.8 Å². The summed E-state index contributed by atoms with van der Waals surface area (Å²) in [7, 11) is 0. The van der Waals surface area contributed by atoms with E-state index in [1.165, 1.54) is 17.7 Å².